The lowest BCUT2D eigenvalue weighted by Crippen LogP contribution is -2.43. The Hall–Kier alpha value is -4.24. The molecule has 9 heteroatoms. The maximum atomic E-state index is 11.0. The van der Waals surface area contributed by atoms with Crippen molar-refractivity contribution in [3.05, 3.63) is 77.6 Å². The number of rotatable bonds is 7. The average Bonchev–Trinajstić information content (AvgIpc) is 3.25. The lowest BCUT2D eigenvalue weighted by molar-refractivity contribution is -0.140. The molecule has 1 unspecified atom stereocenters. The Bertz CT molecular complexity index is 1430. The van der Waals surface area contributed by atoms with Crippen molar-refractivity contribution in [1.29, 1.82) is 5.41 Å². The number of hydrogen-bond acceptors (Lipinski definition) is 7. The van der Waals surface area contributed by atoms with Gasteiger partial charge in [-0.2, -0.15) is 5.10 Å². The molecule has 5 rings (SSSR count). The lowest BCUT2D eigenvalue weighted by atomic mass is 9.96. The van der Waals surface area contributed by atoms with Gasteiger partial charge < -0.3 is 20.1 Å². The van der Waals surface area contributed by atoms with Crippen LogP contribution in [0.1, 0.15) is 23.1 Å². The molecule has 0 aliphatic carbocycles. The zero-order valence-electron chi connectivity index (χ0n) is 20.2. The van der Waals surface area contributed by atoms with E-state index in [-0.39, 0.29) is 12.5 Å². The molecule has 3 heterocycles. The number of fused-ring (bicyclic) bond motifs is 1. The van der Waals surface area contributed by atoms with Gasteiger partial charge in [-0.1, -0.05) is 30.3 Å². The van der Waals surface area contributed by atoms with Crippen molar-refractivity contribution < 1.29 is 14.6 Å². The Morgan fingerprint density at radius 3 is 2.78 bits per heavy atom. The number of carboxylic acids is 1. The molecule has 0 spiro atoms. The van der Waals surface area contributed by atoms with E-state index in [0.29, 0.717) is 25.4 Å². The lowest BCUT2D eigenvalue weighted by Gasteiger charge is -2.33. The molecule has 1 saturated heterocycles. The number of aliphatic carboxylic acids is 1. The highest BCUT2D eigenvalue weighted by Crippen LogP contribution is 2.29. The van der Waals surface area contributed by atoms with Crippen LogP contribution in [0.25, 0.3) is 10.9 Å². The van der Waals surface area contributed by atoms with Crippen LogP contribution in [-0.4, -0.2) is 57.4 Å². The zero-order chi connectivity index (χ0) is 25.2. The molecule has 1 aliphatic heterocycles. The molecule has 1 fully saturated rings. The summed E-state index contributed by atoms with van der Waals surface area (Å²) in [5.41, 5.74) is 5.57. The number of pyridine rings is 1. The summed E-state index contributed by atoms with van der Waals surface area (Å²) in [5, 5.41) is 27.0. The molecule has 184 valence electrons. The Kier molecular flexibility index (Phi) is 6.39. The molecule has 0 radical (unpaired) electrons. The monoisotopic (exact) mass is 484 g/mol. The van der Waals surface area contributed by atoms with Crippen molar-refractivity contribution >= 4 is 39.8 Å². The van der Waals surface area contributed by atoms with Crippen molar-refractivity contribution in [2.24, 2.45) is 7.05 Å². The van der Waals surface area contributed by atoms with E-state index in [1.54, 1.807) is 10.9 Å². The Balaban J connectivity index is 1.39. The van der Waals surface area contributed by atoms with E-state index >= 15 is 0 Å². The minimum Gasteiger partial charge on any atom is -0.481 e. The summed E-state index contributed by atoms with van der Waals surface area (Å²) in [5.74, 6) is -0.0889. The molecule has 9 nitrogen and oxygen atoms in total. The molecule has 0 amide bonds. The first-order valence-corrected chi connectivity index (χ1v) is 11.8. The highest BCUT2D eigenvalue weighted by Gasteiger charge is 2.23. The normalized spacial score (nSPS) is 15.7. The third-order valence-electron chi connectivity index (χ3n) is 6.36. The SMILES string of the molecule is Cc1cccc(C(=N)c2cccc3nn(C)cc23)c1Nc1ccc(N2CCOC(CC(=O)O)C2)nc1. The van der Waals surface area contributed by atoms with E-state index in [9.17, 15) is 4.79 Å². The summed E-state index contributed by atoms with van der Waals surface area (Å²) in [6, 6.07) is 15.6. The van der Waals surface area contributed by atoms with Crippen LogP contribution >= 0.6 is 0 Å². The maximum Gasteiger partial charge on any atom is 0.306 e. The van der Waals surface area contributed by atoms with E-state index in [0.717, 1.165) is 44.8 Å². The van der Waals surface area contributed by atoms with Gasteiger partial charge in [0.15, 0.2) is 0 Å². The van der Waals surface area contributed by atoms with E-state index in [1.807, 2.05) is 73.6 Å². The smallest absolute Gasteiger partial charge is 0.306 e. The minimum atomic E-state index is -0.867. The van der Waals surface area contributed by atoms with Gasteiger partial charge in [0.05, 0.1) is 47.9 Å². The molecule has 1 aliphatic rings. The van der Waals surface area contributed by atoms with Gasteiger partial charge in [-0.25, -0.2) is 4.98 Å². The van der Waals surface area contributed by atoms with Gasteiger partial charge in [0.2, 0.25) is 0 Å². The first-order chi connectivity index (χ1) is 17.4. The topological polar surface area (TPSA) is 116 Å². The molecular formula is C27H28N6O3. The zero-order valence-corrected chi connectivity index (χ0v) is 20.2. The Morgan fingerprint density at radius 1 is 1.19 bits per heavy atom. The summed E-state index contributed by atoms with van der Waals surface area (Å²) in [7, 11) is 1.88. The Morgan fingerprint density at radius 2 is 2.00 bits per heavy atom. The number of ether oxygens (including phenoxy) is 1. The predicted octanol–water partition coefficient (Wildman–Crippen LogP) is 4.12. The van der Waals surface area contributed by atoms with Crippen molar-refractivity contribution in [2.75, 3.05) is 29.9 Å². The maximum absolute atomic E-state index is 11.0. The van der Waals surface area contributed by atoms with Gasteiger partial charge in [0.25, 0.3) is 0 Å². The summed E-state index contributed by atoms with van der Waals surface area (Å²) in [4.78, 5) is 17.7. The number of carboxylic acid groups (broad SMARTS) is 1. The first-order valence-electron chi connectivity index (χ1n) is 11.8. The van der Waals surface area contributed by atoms with Crippen LogP contribution in [0.5, 0.6) is 0 Å². The van der Waals surface area contributed by atoms with Crippen LogP contribution in [0.3, 0.4) is 0 Å². The number of hydrogen-bond donors (Lipinski definition) is 3. The van der Waals surface area contributed by atoms with Crippen molar-refractivity contribution in [3.63, 3.8) is 0 Å². The molecular weight excluding hydrogens is 456 g/mol. The fourth-order valence-electron chi connectivity index (χ4n) is 4.60. The number of benzene rings is 2. The first kappa shape index (κ1) is 23.5. The number of carbonyl (C=O) groups is 1. The average molecular weight is 485 g/mol. The van der Waals surface area contributed by atoms with Crippen molar-refractivity contribution in [2.45, 2.75) is 19.4 Å². The highest BCUT2D eigenvalue weighted by molar-refractivity contribution is 6.20. The summed E-state index contributed by atoms with van der Waals surface area (Å²) in [6.07, 6.45) is 3.33. The molecule has 36 heavy (non-hydrogen) atoms. The number of aromatic nitrogens is 3. The number of para-hydroxylation sites is 1. The third-order valence-corrected chi connectivity index (χ3v) is 6.36. The van der Waals surface area contributed by atoms with E-state index in [2.05, 4.69) is 15.4 Å². The van der Waals surface area contributed by atoms with Gasteiger partial charge in [-0.05, 0) is 30.7 Å². The van der Waals surface area contributed by atoms with Crippen LogP contribution in [0, 0.1) is 12.3 Å². The van der Waals surface area contributed by atoms with Gasteiger partial charge in [-0.3, -0.25) is 14.9 Å². The molecule has 3 N–H and O–H groups in total. The van der Waals surface area contributed by atoms with Crippen molar-refractivity contribution in [3.8, 4) is 0 Å². The van der Waals surface area contributed by atoms with Crippen molar-refractivity contribution in [1.82, 2.24) is 14.8 Å². The highest BCUT2D eigenvalue weighted by atomic mass is 16.5. The summed E-state index contributed by atoms with van der Waals surface area (Å²) in [6.45, 7) is 3.64. The second kappa shape index (κ2) is 9.79. The largest absolute Gasteiger partial charge is 0.481 e. The van der Waals surface area contributed by atoms with Gasteiger partial charge in [0, 0.05) is 42.8 Å². The van der Waals surface area contributed by atoms with E-state index < -0.39 is 5.97 Å². The second-order valence-electron chi connectivity index (χ2n) is 8.98. The molecule has 0 saturated carbocycles. The summed E-state index contributed by atoms with van der Waals surface area (Å²) < 4.78 is 7.33. The molecule has 4 aromatic rings. The molecule has 1 atom stereocenters. The van der Waals surface area contributed by atoms with Crippen LogP contribution in [0.2, 0.25) is 0 Å². The fraction of sp³-hybridized carbons (Fsp3) is 0.259. The molecule has 2 aromatic carbocycles. The second-order valence-corrected chi connectivity index (χ2v) is 8.98. The van der Waals surface area contributed by atoms with Crippen LogP contribution in [0.15, 0.2) is 60.9 Å². The van der Waals surface area contributed by atoms with Crippen LogP contribution < -0.4 is 10.2 Å². The number of nitrogens with one attached hydrogen (secondary N) is 2. The fourth-order valence-corrected chi connectivity index (χ4v) is 4.60. The standard InChI is InChI=1S/C27H28N6O3/c1-17-5-3-7-21(26(28)20-6-4-8-23-22(20)16-32(2)31-23)27(17)30-18-9-10-24(29-14-18)33-11-12-36-19(15-33)13-25(34)35/h3-10,14,16,19,28,30H,11-13,15H2,1-2H3,(H,34,35). The Labute approximate surface area is 208 Å². The molecule has 0 bridgehead atoms. The van der Waals surface area contributed by atoms with E-state index in [4.69, 9.17) is 15.3 Å². The van der Waals surface area contributed by atoms with Crippen LogP contribution in [-0.2, 0) is 16.6 Å². The van der Waals surface area contributed by atoms with Gasteiger partial charge >= 0.3 is 5.97 Å². The van der Waals surface area contributed by atoms with Gasteiger partial charge in [-0.15, -0.1) is 0 Å². The number of morpholine rings is 1. The number of anilines is 3. The molecule has 2 aromatic heterocycles. The van der Waals surface area contributed by atoms with Crippen LogP contribution in [0.4, 0.5) is 17.2 Å². The quantitative estimate of drug-likeness (QED) is 0.338. The van der Waals surface area contributed by atoms with E-state index in [1.165, 1.54) is 0 Å². The third kappa shape index (κ3) is 4.78. The van der Waals surface area contributed by atoms with Gasteiger partial charge in [0.1, 0.15) is 5.82 Å². The predicted molar refractivity (Wildman–Crippen MR) is 140 cm³/mol. The summed E-state index contributed by atoms with van der Waals surface area (Å²) >= 11 is 0. The number of nitrogens with zero attached hydrogens (tertiary/aromatic N) is 4. The number of aryl methyl sites for hydroxylation is 2. The minimum absolute atomic E-state index is 0.0229.